The Hall–Kier alpha value is -1.10. The van der Waals surface area contributed by atoms with E-state index in [2.05, 4.69) is 0 Å². The molecule has 0 heterocycles. The smallest absolute Gasteiger partial charge is 0.240 e. The predicted molar refractivity (Wildman–Crippen MR) is 61.4 cm³/mol. The van der Waals surface area contributed by atoms with Crippen molar-refractivity contribution in [1.29, 1.82) is 0 Å². The van der Waals surface area contributed by atoms with Crippen LogP contribution in [0.25, 0.3) is 0 Å². The fourth-order valence-electron chi connectivity index (χ4n) is 2.33. The Morgan fingerprint density at radius 2 is 1.94 bits per heavy atom. The third-order valence-electron chi connectivity index (χ3n) is 3.13. The summed E-state index contributed by atoms with van der Waals surface area (Å²) in [5.41, 5.74) is 10.7. The zero-order valence-electron chi connectivity index (χ0n) is 9.82. The minimum absolute atomic E-state index is 0.0674. The van der Waals surface area contributed by atoms with Crippen LogP contribution in [0.3, 0.4) is 0 Å². The van der Waals surface area contributed by atoms with Gasteiger partial charge in [-0.3, -0.25) is 9.59 Å². The van der Waals surface area contributed by atoms with Crippen LogP contribution in [0.1, 0.15) is 39.0 Å². The first-order chi connectivity index (χ1) is 7.56. The Balaban J connectivity index is 2.57. The minimum Gasteiger partial charge on any atom is -0.370 e. The van der Waals surface area contributed by atoms with Gasteiger partial charge in [0.05, 0.1) is 12.5 Å². The van der Waals surface area contributed by atoms with Crippen LogP contribution in [0.2, 0.25) is 0 Å². The first kappa shape index (κ1) is 13.0. The Labute approximate surface area is 96.1 Å². The van der Waals surface area contributed by atoms with Crippen molar-refractivity contribution in [3.05, 3.63) is 0 Å². The maximum Gasteiger partial charge on any atom is 0.240 e. The maximum atomic E-state index is 12.0. The number of amides is 2. The third-order valence-corrected chi connectivity index (χ3v) is 3.13. The maximum absolute atomic E-state index is 12.0. The number of nitrogens with zero attached hydrogens (tertiary/aromatic N) is 1. The zero-order chi connectivity index (χ0) is 12.1. The molecule has 0 aliphatic heterocycles. The standard InChI is InChI=1S/C11H21N3O2/c1-2-14(8-5-3-4-6-8)11(16)9(12)7-10(13)15/h8-9H,2-7,12H2,1H3,(H2,13,15). The molecule has 0 aromatic rings. The van der Waals surface area contributed by atoms with Crippen LogP contribution in [-0.4, -0.2) is 35.3 Å². The fourth-order valence-corrected chi connectivity index (χ4v) is 2.33. The number of carbonyl (C=O) groups is 2. The van der Waals surface area contributed by atoms with Gasteiger partial charge in [-0.15, -0.1) is 0 Å². The van der Waals surface area contributed by atoms with Crippen LogP contribution in [0.5, 0.6) is 0 Å². The molecule has 1 aliphatic carbocycles. The molecule has 1 atom stereocenters. The van der Waals surface area contributed by atoms with E-state index in [0.717, 1.165) is 12.8 Å². The monoisotopic (exact) mass is 227 g/mol. The molecule has 92 valence electrons. The summed E-state index contributed by atoms with van der Waals surface area (Å²) in [6.45, 7) is 2.59. The molecule has 5 heteroatoms. The fraction of sp³-hybridized carbons (Fsp3) is 0.818. The van der Waals surface area contributed by atoms with Crippen LogP contribution < -0.4 is 11.5 Å². The Morgan fingerprint density at radius 1 is 1.38 bits per heavy atom. The number of hydrogen-bond donors (Lipinski definition) is 2. The van der Waals surface area contributed by atoms with Crippen LogP contribution in [0, 0.1) is 0 Å². The van der Waals surface area contributed by atoms with Crippen LogP contribution >= 0.6 is 0 Å². The number of likely N-dealkylation sites (N-methyl/N-ethyl adjacent to an activating group) is 1. The van der Waals surface area contributed by atoms with E-state index in [1.807, 2.05) is 6.92 Å². The van der Waals surface area contributed by atoms with Gasteiger partial charge in [0.1, 0.15) is 0 Å². The van der Waals surface area contributed by atoms with Crippen molar-refractivity contribution >= 4 is 11.8 Å². The summed E-state index contributed by atoms with van der Waals surface area (Å²) < 4.78 is 0. The average molecular weight is 227 g/mol. The number of hydrogen-bond acceptors (Lipinski definition) is 3. The lowest BCUT2D eigenvalue weighted by atomic mass is 10.1. The summed E-state index contributed by atoms with van der Waals surface area (Å²) in [5.74, 6) is -0.670. The first-order valence-corrected chi connectivity index (χ1v) is 5.90. The number of carbonyl (C=O) groups excluding carboxylic acids is 2. The van der Waals surface area contributed by atoms with Gasteiger partial charge in [-0.2, -0.15) is 0 Å². The predicted octanol–water partition coefficient (Wildman–Crippen LogP) is -0.0198. The van der Waals surface area contributed by atoms with Crippen molar-refractivity contribution in [3.63, 3.8) is 0 Å². The quantitative estimate of drug-likeness (QED) is 0.691. The van der Waals surface area contributed by atoms with Gasteiger partial charge in [-0.05, 0) is 19.8 Å². The number of nitrogens with two attached hydrogens (primary N) is 2. The molecule has 1 unspecified atom stereocenters. The summed E-state index contributed by atoms with van der Waals surface area (Å²) in [5, 5.41) is 0. The van der Waals surface area contributed by atoms with Crippen molar-refractivity contribution < 1.29 is 9.59 Å². The van der Waals surface area contributed by atoms with Crippen LogP contribution in [0.4, 0.5) is 0 Å². The van der Waals surface area contributed by atoms with Crippen molar-refractivity contribution in [2.45, 2.75) is 51.1 Å². The normalized spacial score (nSPS) is 18.4. The SMILES string of the molecule is CCN(C(=O)C(N)CC(N)=O)C1CCCC1. The lowest BCUT2D eigenvalue weighted by Gasteiger charge is -2.29. The molecule has 0 aromatic carbocycles. The van der Waals surface area contributed by atoms with E-state index in [9.17, 15) is 9.59 Å². The number of primary amides is 1. The van der Waals surface area contributed by atoms with Crippen molar-refractivity contribution in [3.8, 4) is 0 Å². The van der Waals surface area contributed by atoms with Gasteiger partial charge >= 0.3 is 0 Å². The highest BCUT2D eigenvalue weighted by Gasteiger charge is 2.29. The molecule has 1 saturated carbocycles. The van der Waals surface area contributed by atoms with Gasteiger partial charge in [-0.1, -0.05) is 12.8 Å². The van der Waals surface area contributed by atoms with Gasteiger partial charge in [0.2, 0.25) is 11.8 Å². The summed E-state index contributed by atoms with van der Waals surface area (Å²) in [4.78, 5) is 24.5. The number of rotatable bonds is 5. The zero-order valence-corrected chi connectivity index (χ0v) is 9.82. The lowest BCUT2D eigenvalue weighted by molar-refractivity contribution is -0.136. The third kappa shape index (κ3) is 3.20. The molecule has 4 N–H and O–H groups in total. The Bertz CT molecular complexity index is 262. The van der Waals surface area contributed by atoms with Gasteiger partial charge in [0, 0.05) is 12.6 Å². The highest BCUT2D eigenvalue weighted by atomic mass is 16.2. The minimum atomic E-state index is -0.780. The molecule has 2 amide bonds. The van der Waals surface area contributed by atoms with Crippen molar-refractivity contribution in [2.75, 3.05) is 6.54 Å². The van der Waals surface area contributed by atoms with Gasteiger partial charge in [0.25, 0.3) is 0 Å². The van der Waals surface area contributed by atoms with Gasteiger partial charge in [-0.25, -0.2) is 0 Å². The lowest BCUT2D eigenvalue weighted by Crippen LogP contribution is -2.49. The second-order valence-electron chi connectivity index (χ2n) is 4.34. The van der Waals surface area contributed by atoms with Crippen LogP contribution in [0.15, 0.2) is 0 Å². The van der Waals surface area contributed by atoms with Crippen molar-refractivity contribution in [1.82, 2.24) is 4.90 Å². The largest absolute Gasteiger partial charge is 0.370 e. The topological polar surface area (TPSA) is 89.4 Å². The molecule has 5 nitrogen and oxygen atoms in total. The van der Waals surface area contributed by atoms with E-state index in [1.54, 1.807) is 4.90 Å². The van der Waals surface area contributed by atoms with E-state index in [4.69, 9.17) is 11.5 Å². The van der Waals surface area contributed by atoms with Crippen LogP contribution in [-0.2, 0) is 9.59 Å². The highest BCUT2D eigenvalue weighted by Crippen LogP contribution is 2.23. The molecule has 1 fully saturated rings. The van der Waals surface area contributed by atoms with E-state index in [-0.39, 0.29) is 12.3 Å². The summed E-state index contributed by atoms with van der Waals surface area (Å²) in [7, 11) is 0. The molecular formula is C11H21N3O2. The molecule has 1 aliphatic rings. The van der Waals surface area contributed by atoms with Crippen molar-refractivity contribution in [2.24, 2.45) is 11.5 Å². The molecule has 0 radical (unpaired) electrons. The first-order valence-electron chi connectivity index (χ1n) is 5.90. The van der Waals surface area contributed by atoms with Gasteiger partial charge in [0.15, 0.2) is 0 Å². The highest BCUT2D eigenvalue weighted by molar-refractivity contribution is 5.87. The average Bonchev–Trinajstić information content (AvgIpc) is 2.71. The molecule has 0 aromatic heterocycles. The Morgan fingerprint density at radius 3 is 2.38 bits per heavy atom. The summed E-state index contributed by atoms with van der Waals surface area (Å²) in [6, 6.07) is -0.477. The second kappa shape index (κ2) is 5.84. The van der Waals surface area contributed by atoms with Gasteiger partial charge < -0.3 is 16.4 Å². The summed E-state index contributed by atoms with van der Waals surface area (Å²) in [6.07, 6.45) is 4.35. The Kier molecular flexibility index (Phi) is 4.73. The second-order valence-corrected chi connectivity index (χ2v) is 4.34. The molecule has 0 bridgehead atoms. The molecular weight excluding hydrogens is 206 g/mol. The molecule has 0 saturated heterocycles. The molecule has 16 heavy (non-hydrogen) atoms. The molecule has 0 spiro atoms. The molecule has 1 rings (SSSR count). The van der Waals surface area contributed by atoms with E-state index in [1.165, 1.54) is 12.8 Å². The van der Waals surface area contributed by atoms with E-state index >= 15 is 0 Å². The summed E-state index contributed by atoms with van der Waals surface area (Å²) >= 11 is 0. The van der Waals surface area contributed by atoms with E-state index < -0.39 is 11.9 Å². The van der Waals surface area contributed by atoms with E-state index in [0.29, 0.717) is 12.6 Å².